The molecule has 2 saturated heterocycles. The minimum atomic E-state index is -3.77. The molecule has 28 heavy (non-hydrogen) atoms. The normalized spacial score (nSPS) is 29.6. The van der Waals surface area contributed by atoms with Crippen LogP contribution in [0, 0.1) is 22.0 Å². The van der Waals surface area contributed by atoms with Crippen LogP contribution >= 0.6 is 0 Å². The molecule has 1 aromatic carbocycles. The van der Waals surface area contributed by atoms with Gasteiger partial charge in [-0.1, -0.05) is 13.8 Å². The smallest absolute Gasteiger partial charge is 0.293 e. The Bertz CT molecular complexity index is 824. The molecule has 4 atom stereocenters. The van der Waals surface area contributed by atoms with Gasteiger partial charge in [-0.25, -0.2) is 8.42 Å². The fraction of sp³-hybridized carbons (Fsp3) is 0.684. The maximum absolute atomic E-state index is 13.1. The van der Waals surface area contributed by atoms with Crippen molar-refractivity contribution in [1.82, 2.24) is 4.31 Å². The molecule has 9 heteroatoms. The topological polar surface area (TPSA) is 93.0 Å². The number of nitro benzene ring substituents is 1. The summed E-state index contributed by atoms with van der Waals surface area (Å²) in [6.07, 6.45) is 0.879. The molecule has 2 aliphatic heterocycles. The summed E-state index contributed by atoms with van der Waals surface area (Å²) in [4.78, 5) is 13.1. The molecule has 3 rings (SSSR count). The van der Waals surface area contributed by atoms with E-state index in [0.29, 0.717) is 31.9 Å². The molecule has 2 aliphatic rings. The fourth-order valence-electron chi connectivity index (χ4n) is 4.40. The standard InChI is InChI=1S/C19H29N3O5S/c1-13-7-14(2)10-21(9-13)28(25,26)17-5-6-18(19(8-17)22(23)24)20-11-15(3)27-16(4)12-20/h5-6,8,13-16H,7,9-12H2,1-4H3/t13-,14-,15-,16+/m1/s1. The fourth-order valence-corrected chi connectivity index (χ4v) is 6.10. The number of benzene rings is 1. The van der Waals surface area contributed by atoms with E-state index in [0.717, 1.165) is 6.42 Å². The van der Waals surface area contributed by atoms with E-state index in [4.69, 9.17) is 4.74 Å². The van der Waals surface area contributed by atoms with Gasteiger partial charge in [0.2, 0.25) is 10.0 Å². The van der Waals surface area contributed by atoms with Gasteiger partial charge in [0.05, 0.1) is 22.0 Å². The number of hydrogen-bond donors (Lipinski definition) is 0. The summed E-state index contributed by atoms with van der Waals surface area (Å²) in [5.74, 6) is 0.535. The molecule has 1 aromatic rings. The third-order valence-electron chi connectivity index (χ3n) is 5.38. The summed E-state index contributed by atoms with van der Waals surface area (Å²) < 4.78 is 33.4. The number of ether oxygens (including phenoxy) is 1. The Balaban J connectivity index is 1.95. The minimum Gasteiger partial charge on any atom is -0.372 e. The van der Waals surface area contributed by atoms with Crippen LogP contribution in [0.3, 0.4) is 0 Å². The van der Waals surface area contributed by atoms with Crippen molar-refractivity contribution in [3.05, 3.63) is 28.3 Å². The van der Waals surface area contributed by atoms with Crippen molar-refractivity contribution in [1.29, 1.82) is 0 Å². The van der Waals surface area contributed by atoms with E-state index < -0.39 is 14.9 Å². The van der Waals surface area contributed by atoms with Gasteiger partial charge in [0.15, 0.2) is 0 Å². The Labute approximate surface area is 166 Å². The number of hydrogen-bond acceptors (Lipinski definition) is 6. The van der Waals surface area contributed by atoms with Crippen molar-refractivity contribution in [2.45, 2.75) is 51.2 Å². The second-order valence-corrected chi connectivity index (χ2v) is 10.3. The summed E-state index contributed by atoms with van der Waals surface area (Å²) >= 11 is 0. The molecule has 8 nitrogen and oxygen atoms in total. The molecule has 0 spiro atoms. The van der Waals surface area contributed by atoms with Crippen molar-refractivity contribution < 1.29 is 18.1 Å². The zero-order valence-electron chi connectivity index (χ0n) is 16.9. The summed E-state index contributed by atoms with van der Waals surface area (Å²) in [6, 6.07) is 4.26. The van der Waals surface area contributed by atoms with Crippen LogP contribution in [0.5, 0.6) is 0 Å². The van der Waals surface area contributed by atoms with E-state index in [1.807, 2.05) is 32.6 Å². The number of nitrogens with zero attached hydrogens (tertiary/aromatic N) is 3. The maximum Gasteiger partial charge on any atom is 0.293 e. The largest absolute Gasteiger partial charge is 0.372 e. The Morgan fingerprint density at radius 1 is 1.04 bits per heavy atom. The van der Waals surface area contributed by atoms with Crippen molar-refractivity contribution >= 4 is 21.4 Å². The Kier molecular flexibility index (Phi) is 5.97. The highest BCUT2D eigenvalue weighted by Gasteiger charge is 2.34. The predicted octanol–water partition coefficient (Wildman–Crippen LogP) is 2.88. The second kappa shape index (κ2) is 7.96. The average Bonchev–Trinajstić information content (AvgIpc) is 2.59. The zero-order chi connectivity index (χ0) is 20.6. The minimum absolute atomic E-state index is 0.0152. The number of rotatable bonds is 4. The number of anilines is 1. The van der Waals surface area contributed by atoms with Crippen molar-refractivity contribution in [2.75, 3.05) is 31.1 Å². The Morgan fingerprint density at radius 2 is 1.61 bits per heavy atom. The van der Waals surface area contributed by atoms with Crippen LogP contribution in [0.25, 0.3) is 0 Å². The van der Waals surface area contributed by atoms with E-state index in [1.165, 1.54) is 16.4 Å². The third kappa shape index (κ3) is 4.31. The van der Waals surface area contributed by atoms with Crippen LogP contribution in [-0.2, 0) is 14.8 Å². The summed E-state index contributed by atoms with van der Waals surface area (Å²) in [6.45, 7) is 9.85. The van der Waals surface area contributed by atoms with Gasteiger partial charge in [-0.3, -0.25) is 10.1 Å². The van der Waals surface area contributed by atoms with Crippen molar-refractivity contribution in [3.8, 4) is 0 Å². The molecule has 0 amide bonds. The van der Waals surface area contributed by atoms with E-state index >= 15 is 0 Å². The Hall–Kier alpha value is -1.71. The number of morpholine rings is 1. The summed E-state index contributed by atoms with van der Waals surface area (Å²) in [5.41, 5.74) is 0.256. The first kappa shape index (κ1) is 21.0. The van der Waals surface area contributed by atoms with Crippen LogP contribution in [0.2, 0.25) is 0 Å². The van der Waals surface area contributed by atoms with Gasteiger partial charge in [0.25, 0.3) is 5.69 Å². The predicted molar refractivity (Wildman–Crippen MR) is 107 cm³/mol. The van der Waals surface area contributed by atoms with Gasteiger partial charge in [-0.2, -0.15) is 4.31 Å². The highest BCUT2D eigenvalue weighted by molar-refractivity contribution is 7.89. The quantitative estimate of drug-likeness (QED) is 0.559. The lowest BCUT2D eigenvalue weighted by atomic mass is 9.94. The van der Waals surface area contributed by atoms with Gasteiger partial charge in [-0.15, -0.1) is 0 Å². The van der Waals surface area contributed by atoms with E-state index in [-0.39, 0.29) is 34.6 Å². The highest BCUT2D eigenvalue weighted by atomic mass is 32.2. The third-order valence-corrected chi connectivity index (χ3v) is 7.20. The second-order valence-electron chi connectivity index (χ2n) is 8.34. The molecular formula is C19H29N3O5S. The lowest BCUT2D eigenvalue weighted by Crippen LogP contribution is -2.45. The molecule has 2 heterocycles. The molecule has 0 radical (unpaired) electrons. The lowest BCUT2D eigenvalue weighted by Gasteiger charge is -2.36. The zero-order valence-corrected chi connectivity index (χ0v) is 17.7. The monoisotopic (exact) mass is 411 g/mol. The van der Waals surface area contributed by atoms with Gasteiger partial charge in [0, 0.05) is 32.2 Å². The number of sulfonamides is 1. The summed E-state index contributed by atoms with van der Waals surface area (Å²) in [5, 5.41) is 11.7. The van der Waals surface area contributed by atoms with Crippen LogP contribution in [0.4, 0.5) is 11.4 Å². The SMILES string of the molecule is C[C@@H]1C[C@@H](C)CN(S(=O)(=O)c2ccc(N3C[C@@H](C)O[C@@H](C)C3)c([N+](=O)[O-])c2)C1. The van der Waals surface area contributed by atoms with Gasteiger partial charge >= 0.3 is 0 Å². The van der Waals surface area contributed by atoms with Crippen LogP contribution in [0.15, 0.2) is 23.1 Å². The molecule has 156 valence electrons. The molecule has 0 saturated carbocycles. The lowest BCUT2D eigenvalue weighted by molar-refractivity contribution is -0.384. The van der Waals surface area contributed by atoms with Gasteiger partial charge in [-0.05, 0) is 44.2 Å². The first-order valence-electron chi connectivity index (χ1n) is 9.77. The van der Waals surface area contributed by atoms with E-state index in [2.05, 4.69) is 0 Å². The highest BCUT2D eigenvalue weighted by Crippen LogP contribution is 2.34. The van der Waals surface area contributed by atoms with Crippen LogP contribution in [-0.4, -0.2) is 56.0 Å². The molecule has 0 N–H and O–H groups in total. The van der Waals surface area contributed by atoms with Crippen molar-refractivity contribution in [3.63, 3.8) is 0 Å². The molecule has 0 bridgehead atoms. The maximum atomic E-state index is 13.1. The van der Waals surface area contributed by atoms with Crippen LogP contribution < -0.4 is 4.90 Å². The molecular weight excluding hydrogens is 382 g/mol. The molecule has 0 aromatic heterocycles. The van der Waals surface area contributed by atoms with Crippen LogP contribution in [0.1, 0.15) is 34.1 Å². The average molecular weight is 412 g/mol. The van der Waals surface area contributed by atoms with E-state index in [9.17, 15) is 18.5 Å². The molecule has 0 unspecified atom stereocenters. The number of nitro groups is 1. The molecule has 2 fully saturated rings. The first-order valence-corrected chi connectivity index (χ1v) is 11.2. The van der Waals surface area contributed by atoms with Gasteiger partial charge in [0.1, 0.15) is 5.69 Å². The summed E-state index contributed by atoms with van der Waals surface area (Å²) in [7, 11) is -3.77. The van der Waals surface area contributed by atoms with Crippen molar-refractivity contribution in [2.24, 2.45) is 11.8 Å². The molecule has 0 aliphatic carbocycles. The first-order chi connectivity index (χ1) is 13.1. The van der Waals surface area contributed by atoms with E-state index in [1.54, 1.807) is 6.07 Å². The van der Waals surface area contributed by atoms with Gasteiger partial charge < -0.3 is 9.64 Å². The Morgan fingerprint density at radius 3 is 2.14 bits per heavy atom. The number of piperidine rings is 1.